The van der Waals surface area contributed by atoms with Gasteiger partial charge in [-0.3, -0.25) is 9.67 Å². The van der Waals surface area contributed by atoms with Gasteiger partial charge in [0.15, 0.2) is 0 Å². The molecule has 0 saturated carbocycles. The Morgan fingerprint density at radius 1 is 1.41 bits per heavy atom. The number of hydrogen-bond donors (Lipinski definition) is 1. The van der Waals surface area contributed by atoms with E-state index >= 15 is 0 Å². The second kappa shape index (κ2) is 5.48. The van der Waals surface area contributed by atoms with E-state index in [0.29, 0.717) is 6.04 Å². The normalized spacial score (nSPS) is 12.4. The SMILES string of the molecule is CCCC(Nc1cnn(C)c1)c1cccnc1. The Morgan fingerprint density at radius 2 is 2.29 bits per heavy atom. The zero-order valence-corrected chi connectivity index (χ0v) is 10.3. The van der Waals surface area contributed by atoms with Gasteiger partial charge < -0.3 is 5.32 Å². The quantitative estimate of drug-likeness (QED) is 0.858. The molecule has 1 N–H and O–H groups in total. The van der Waals surface area contributed by atoms with Crippen LogP contribution in [0.3, 0.4) is 0 Å². The number of hydrogen-bond acceptors (Lipinski definition) is 3. The summed E-state index contributed by atoms with van der Waals surface area (Å²) in [6, 6.07) is 4.39. The summed E-state index contributed by atoms with van der Waals surface area (Å²) in [6.07, 6.45) is 9.77. The highest BCUT2D eigenvalue weighted by Gasteiger charge is 2.10. The molecule has 2 aromatic heterocycles. The van der Waals surface area contributed by atoms with Crippen LogP contribution < -0.4 is 5.32 Å². The Bertz CT molecular complexity index is 449. The third kappa shape index (κ3) is 3.06. The van der Waals surface area contributed by atoms with Gasteiger partial charge >= 0.3 is 0 Å². The van der Waals surface area contributed by atoms with Crippen molar-refractivity contribution in [3.63, 3.8) is 0 Å². The molecule has 0 aliphatic rings. The maximum Gasteiger partial charge on any atom is 0.0731 e. The third-order valence-electron chi connectivity index (χ3n) is 2.71. The van der Waals surface area contributed by atoms with Crippen molar-refractivity contribution in [3.05, 3.63) is 42.5 Å². The predicted molar refractivity (Wildman–Crippen MR) is 68.7 cm³/mol. The van der Waals surface area contributed by atoms with Crippen LogP contribution in [0.5, 0.6) is 0 Å². The highest BCUT2D eigenvalue weighted by molar-refractivity contribution is 5.41. The van der Waals surface area contributed by atoms with E-state index in [1.54, 1.807) is 10.9 Å². The first kappa shape index (κ1) is 11.6. The molecule has 0 fully saturated rings. The van der Waals surface area contributed by atoms with Crippen LogP contribution in [0.1, 0.15) is 31.4 Å². The molecule has 0 amide bonds. The first-order valence-electron chi connectivity index (χ1n) is 5.94. The number of rotatable bonds is 5. The molecule has 2 rings (SSSR count). The molecule has 4 nitrogen and oxygen atoms in total. The van der Waals surface area contributed by atoms with Gasteiger partial charge in [-0.15, -0.1) is 0 Å². The molecule has 1 atom stereocenters. The van der Waals surface area contributed by atoms with E-state index in [4.69, 9.17) is 0 Å². The number of aryl methyl sites for hydroxylation is 1. The van der Waals surface area contributed by atoms with Crippen LogP contribution in [0, 0.1) is 0 Å². The van der Waals surface area contributed by atoms with Crippen molar-refractivity contribution in [3.8, 4) is 0 Å². The average molecular weight is 230 g/mol. The molecule has 0 bridgehead atoms. The van der Waals surface area contributed by atoms with Gasteiger partial charge in [-0.25, -0.2) is 0 Å². The molecule has 0 aliphatic carbocycles. The summed E-state index contributed by atoms with van der Waals surface area (Å²) in [4.78, 5) is 4.17. The lowest BCUT2D eigenvalue weighted by molar-refractivity contribution is 0.675. The minimum Gasteiger partial charge on any atom is -0.376 e. The maximum atomic E-state index is 4.17. The van der Waals surface area contributed by atoms with Crippen LogP contribution in [0.2, 0.25) is 0 Å². The van der Waals surface area contributed by atoms with Crippen molar-refractivity contribution in [2.75, 3.05) is 5.32 Å². The lowest BCUT2D eigenvalue weighted by Gasteiger charge is -2.18. The Hall–Kier alpha value is -1.84. The molecule has 0 radical (unpaired) electrons. The first-order valence-corrected chi connectivity index (χ1v) is 5.94. The molecule has 2 heterocycles. The standard InChI is InChI=1S/C13H18N4/c1-3-5-13(11-6-4-7-14-8-11)16-12-9-15-17(2)10-12/h4,6-10,13,16H,3,5H2,1-2H3. The number of pyridine rings is 1. The predicted octanol–water partition coefficient (Wildman–Crippen LogP) is 2.77. The van der Waals surface area contributed by atoms with Crippen molar-refractivity contribution < 1.29 is 0 Å². The second-order valence-corrected chi connectivity index (χ2v) is 4.17. The molecule has 0 saturated heterocycles. The molecular formula is C13H18N4. The van der Waals surface area contributed by atoms with E-state index in [1.165, 1.54) is 5.56 Å². The fraction of sp³-hybridized carbons (Fsp3) is 0.385. The van der Waals surface area contributed by atoms with Crippen LogP contribution in [0.15, 0.2) is 36.9 Å². The van der Waals surface area contributed by atoms with Gasteiger partial charge in [0.05, 0.1) is 17.9 Å². The molecule has 0 aliphatic heterocycles. The summed E-state index contributed by atoms with van der Waals surface area (Å²) in [5.74, 6) is 0. The van der Waals surface area contributed by atoms with Gasteiger partial charge in [-0.05, 0) is 18.1 Å². The average Bonchev–Trinajstić information content (AvgIpc) is 2.75. The smallest absolute Gasteiger partial charge is 0.0731 e. The summed E-state index contributed by atoms with van der Waals surface area (Å²) in [5.41, 5.74) is 2.27. The van der Waals surface area contributed by atoms with Crippen molar-refractivity contribution >= 4 is 5.69 Å². The molecule has 17 heavy (non-hydrogen) atoms. The Labute approximate surface area is 102 Å². The van der Waals surface area contributed by atoms with Gasteiger partial charge in [0, 0.05) is 25.6 Å². The Balaban J connectivity index is 2.13. The maximum absolute atomic E-state index is 4.17. The van der Waals surface area contributed by atoms with Gasteiger partial charge in [-0.1, -0.05) is 19.4 Å². The number of anilines is 1. The molecule has 0 spiro atoms. The molecule has 0 aromatic carbocycles. The summed E-state index contributed by atoms with van der Waals surface area (Å²) >= 11 is 0. The lowest BCUT2D eigenvalue weighted by atomic mass is 10.0. The van der Waals surface area contributed by atoms with Crippen LogP contribution in [-0.2, 0) is 7.05 Å². The second-order valence-electron chi connectivity index (χ2n) is 4.17. The van der Waals surface area contributed by atoms with Crippen molar-refractivity contribution in [2.24, 2.45) is 7.05 Å². The topological polar surface area (TPSA) is 42.7 Å². The summed E-state index contributed by atoms with van der Waals surface area (Å²) in [7, 11) is 1.92. The Morgan fingerprint density at radius 3 is 2.88 bits per heavy atom. The summed E-state index contributed by atoms with van der Waals surface area (Å²) in [5, 5.41) is 7.66. The highest BCUT2D eigenvalue weighted by Crippen LogP contribution is 2.22. The molecule has 4 heteroatoms. The van der Waals surface area contributed by atoms with E-state index in [2.05, 4.69) is 28.4 Å². The first-order chi connectivity index (χ1) is 8.29. The molecule has 2 aromatic rings. The van der Waals surface area contributed by atoms with Crippen LogP contribution in [0.4, 0.5) is 5.69 Å². The van der Waals surface area contributed by atoms with Crippen molar-refractivity contribution in [1.82, 2.24) is 14.8 Å². The van der Waals surface area contributed by atoms with Crippen LogP contribution in [0.25, 0.3) is 0 Å². The van der Waals surface area contributed by atoms with Gasteiger partial charge in [-0.2, -0.15) is 5.10 Å². The molecular weight excluding hydrogens is 212 g/mol. The third-order valence-corrected chi connectivity index (χ3v) is 2.71. The fourth-order valence-electron chi connectivity index (χ4n) is 1.89. The van der Waals surface area contributed by atoms with E-state index in [1.807, 2.05) is 31.7 Å². The number of nitrogens with zero attached hydrogens (tertiary/aromatic N) is 3. The van der Waals surface area contributed by atoms with E-state index < -0.39 is 0 Å². The monoisotopic (exact) mass is 230 g/mol. The van der Waals surface area contributed by atoms with E-state index in [0.717, 1.165) is 18.5 Å². The van der Waals surface area contributed by atoms with Gasteiger partial charge in [0.25, 0.3) is 0 Å². The zero-order valence-electron chi connectivity index (χ0n) is 10.3. The van der Waals surface area contributed by atoms with E-state index in [9.17, 15) is 0 Å². The fourth-order valence-corrected chi connectivity index (χ4v) is 1.89. The van der Waals surface area contributed by atoms with Gasteiger partial charge in [0.1, 0.15) is 0 Å². The number of nitrogens with one attached hydrogen (secondary N) is 1. The highest BCUT2D eigenvalue weighted by atomic mass is 15.3. The molecule has 90 valence electrons. The van der Waals surface area contributed by atoms with Crippen molar-refractivity contribution in [2.45, 2.75) is 25.8 Å². The summed E-state index contributed by atoms with van der Waals surface area (Å²) < 4.78 is 1.80. The number of aromatic nitrogens is 3. The van der Waals surface area contributed by atoms with Crippen molar-refractivity contribution in [1.29, 1.82) is 0 Å². The van der Waals surface area contributed by atoms with Crippen LogP contribution in [-0.4, -0.2) is 14.8 Å². The largest absolute Gasteiger partial charge is 0.376 e. The summed E-state index contributed by atoms with van der Waals surface area (Å²) in [6.45, 7) is 2.19. The molecule has 1 unspecified atom stereocenters. The zero-order chi connectivity index (χ0) is 12.1. The lowest BCUT2D eigenvalue weighted by Crippen LogP contribution is -2.10. The Kier molecular flexibility index (Phi) is 3.75. The van der Waals surface area contributed by atoms with Gasteiger partial charge in [0.2, 0.25) is 0 Å². The minimum absolute atomic E-state index is 0.304. The minimum atomic E-state index is 0.304. The van der Waals surface area contributed by atoms with Crippen LogP contribution >= 0.6 is 0 Å². The van der Waals surface area contributed by atoms with E-state index in [-0.39, 0.29) is 0 Å².